The van der Waals surface area contributed by atoms with E-state index in [1.807, 2.05) is 30.3 Å². The summed E-state index contributed by atoms with van der Waals surface area (Å²) in [4.78, 5) is 26.8. The third-order valence-electron chi connectivity index (χ3n) is 4.83. The SMILES string of the molecule is COc1cc(NC(=O)[C@@H]2CC(=O)N(CCc3ccccc3)C2)c(OC)cc1Cl. The van der Waals surface area contributed by atoms with E-state index in [1.165, 1.54) is 19.8 Å². The Kier molecular flexibility index (Phi) is 6.41. The fraction of sp³-hybridized carbons (Fsp3) is 0.333. The predicted molar refractivity (Wildman–Crippen MR) is 108 cm³/mol. The number of amides is 2. The first kappa shape index (κ1) is 20.0. The van der Waals surface area contributed by atoms with Crippen LogP contribution in [0.5, 0.6) is 11.5 Å². The molecule has 3 rings (SSSR count). The molecule has 7 heteroatoms. The number of anilines is 1. The molecule has 0 aromatic heterocycles. The van der Waals surface area contributed by atoms with Crippen molar-refractivity contribution in [2.75, 3.05) is 32.6 Å². The molecule has 2 aromatic carbocycles. The molecule has 1 saturated heterocycles. The van der Waals surface area contributed by atoms with Gasteiger partial charge in [0.15, 0.2) is 0 Å². The first-order chi connectivity index (χ1) is 13.5. The number of likely N-dealkylation sites (tertiary alicyclic amines) is 1. The lowest BCUT2D eigenvalue weighted by atomic mass is 10.1. The van der Waals surface area contributed by atoms with E-state index in [0.29, 0.717) is 35.3 Å². The van der Waals surface area contributed by atoms with Gasteiger partial charge in [-0.1, -0.05) is 41.9 Å². The normalized spacial score (nSPS) is 16.2. The quantitative estimate of drug-likeness (QED) is 0.770. The van der Waals surface area contributed by atoms with E-state index in [0.717, 1.165) is 6.42 Å². The van der Waals surface area contributed by atoms with Crippen LogP contribution in [0.3, 0.4) is 0 Å². The van der Waals surface area contributed by atoms with Crippen LogP contribution in [-0.2, 0) is 16.0 Å². The van der Waals surface area contributed by atoms with Crippen LogP contribution in [0, 0.1) is 5.92 Å². The molecule has 1 atom stereocenters. The Hall–Kier alpha value is -2.73. The van der Waals surface area contributed by atoms with Crippen LogP contribution in [0.25, 0.3) is 0 Å². The molecule has 2 amide bonds. The topological polar surface area (TPSA) is 67.9 Å². The lowest BCUT2D eigenvalue weighted by Crippen LogP contribution is -2.30. The highest BCUT2D eigenvalue weighted by atomic mass is 35.5. The molecular weight excluding hydrogens is 380 g/mol. The summed E-state index contributed by atoms with van der Waals surface area (Å²) in [6.45, 7) is 1.01. The van der Waals surface area contributed by atoms with Crippen LogP contribution in [-0.4, -0.2) is 44.0 Å². The lowest BCUT2D eigenvalue weighted by molar-refractivity contribution is -0.128. The minimum Gasteiger partial charge on any atom is -0.495 e. The first-order valence-electron chi connectivity index (χ1n) is 9.06. The summed E-state index contributed by atoms with van der Waals surface area (Å²) in [5.74, 6) is 0.235. The number of nitrogens with zero attached hydrogens (tertiary/aromatic N) is 1. The van der Waals surface area contributed by atoms with E-state index in [-0.39, 0.29) is 18.2 Å². The van der Waals surface area contributed by atoms with Gasteiger partial charge in [-0.25, -0.2) is 0 Å². The van der Waals surface area contributed by atoms with Gasteiger partial charge in [0, 0.05) is 31.6 Å². The Morgan fingerprint density at radius 3 is 2.57 bits per heavy atom. The zero-order valence-electron chi connectivity index (χ0n) is 15.9. The van der Waals surface area contributed by atoms with Crippen LogP contribution in [0.2, 0.25) is 5.02 Å². The number of ether oxygens (including phenoxy) is 2. The number of carbonyl (C=O) groups excluding carboxylic acids is 2. The van der Waals surface area contributed by atoms with Crippen LogP contribution in [0.1, 0.15) is 12.0 Å². The highest BCUT2D eigenvalue weighted by Crippen LogP contribution is 2.36. The lowest BCUT2D eigenvalue weighted by Gasteiger charge is -2.17. The van der Waals surface area contributed by atoms with Crippen LogP contribution in [0.15, 0.2) is 42.5 Å². The molecule has 6 nitrogen and oxygen atoms in total. The predicted octanol–water partition coefficient (Wildman–Crippen LogP) is 3.39. The summed E-state index contributed by atoms with van der Waals surface area (Å²) in [7, 11) is 3.00. The zero-order valence-corrected chi connectivity index (χ0v) is 16.7. The Bertz CT molecular complexity index is 857. The van der Waals surface area contributed by atoms with Crippen molar-refractivity contribution in [2.45, 2.75) is 12.8 Å². The Labute approximate surface area is 169 Å². The van der Waals surface area contributed by atoms with Gasteiger partial charge in [0.2, 0.25) is 11.8 Å². The third kappa shape index (κ3) is 4.57. The summed E-state index contributed by atoms with van der Waals surface area (Å²) in [5.41, 5.74) is 1.63. The number of hydrogen-bond acceptors (Lipinski definition) is 4. The monoisotopic (exact) mass is 402 g/mol. The molecule has 0 spiro atoms. The van der Waals surface area contributed by atoms with Crippen molar-refractivity contribution < 1.29 is 19.1 Å². The molecule has 0 saturated carbocycles. The van der Waals surface area contributed by atoms with Gasteiger partial charge in [0.05, 0.1) is 30.8 Å². The molecule has 1 fully saturated rings. The molecular formula is C21H23ClN2O4. The summed E-state index contributed by atoms with van der Waals surface area (Å²) < 4.78 is 10.5. The zero-order chi connectivity index (χ0) is 20.1. The van der Waals surface area contributed by atoms with Crippen LogP contribution in [0.4, 0.5) is 5.69 Å². The molecule has 0 bridgehead atoms. The fourth-order valence-electron chi connectivity index (χ4n) is 3.27. The van der Waals surface area contributed by atoms with Crippen LogP contribution < -0.4 is 14.8 Å². The van der Waals surface area contributed by atoms with Gasteiger partial charge in [-0.2, -0.15) is 0 Å². The molecule has 1 heterocycles. The highest BCUT2D eigenvalue weighted by Gasteiger charge is 2.34. The molecule has 148 valence electrons. The van der Waals surface area contributed by atoms with Gasteiger partial charge in [0.1, 0.15) is 11.5 Å². The smallest absolute Gasteiger partial charge is 0.229 e. The van der Waals surface area contributed by atoms with Crippen molar-refractivity contribution in [1.82, 2.24) is 4.90 Å². The number of rotatable bonds is 7. The van der Waals surface area contributed by atoms with Gasteiger partial charge in [-0.15, -0.1) is 0 Å². The number of carbonyl (C=O) groups is 2. The number of hydrogen-bond donors (Lipinski definition) is 1. The summed E-state index contributed by atoms with van der Waals surface area (Å²) in [6.07, 6.45) is 0.969. The average molecular weight is 403 g/mol. The maximum absolute atomic E-state index is 12.7. The van der Waals surface area contributed by atoms with Gasteiger partial charge < -0.3 is 19.7 Å². The fourth-order valence-corrected chi connectivity index (χ4v) is 3.50. The molecule has 2 aromatic rings. The Morgan fingerprint density at radius 1 is 1.18 bits per heavy atom. The number of halogens is 1. The minimum absolute atomic E-state index is 0.00303. The Morgan fingerprint density at radius 2 is 1.89 bits per heavy atom. The van der Waals surface area contributed by atoms with Gasteiger partial charge in [-0.3, -0.25) is 9.59 Å². The van der Waals surface area contributed by atoms with E-state index in [4.69, 9.17) is 21.1 Å². The van der Waals surface area contributed by atoms with Crippen molar-refractivity contribution in [2.24, 2.45) is 5.92 Å². The number of benzene rings is 2. The van der Waals surface area contributed by atoms with E-state index in [2.05, 4.69) is 5.32 Å². The molecule has 1 N–H and O–H groups in total. The molecule has 1 aliphatic heterocycles. The number of methoxy groups -OCH3 is 2. The summed E-state index contributed by atoms with van der Waals surface area (Å²) in [6, 6.07) is 13.2. The van der Waals surface area contributed by atoms with Crippen molar-refractivity contribution in [3.05, 3.63) is 53.1 Å². The summed E-state index contributed by atoms with van der Waals surface area (Å²) in [5, 5.41) is 3.23. The minimum atomic E-state index is -0.408. The second kappa shape index (κ2) is 8.97. The maximum Gasteiger partial charge on any atom is 0.229 e. The molecule has 0 radical (unpaired) electrons. The van der Waals surface area contributed by atoms with Crippen molar-refractivity contribution in [1.29, 1.82) is 0 Å². The largest absolute Gasteiger partial charge is 0.495 e. The van der Waals surface area contributed by atoms with Crippen molar-refractivity contribution >= 4 is 29.1 Å². The van der Waals surface area contributed by atoms with Gasteiger partial charge in [0.25, 0.3) is 0 Å². The third-order valence-corrected chi connectivity index (χ3v) is 5.13. The van der Waals surface area contributed by atoms with E-state index >= 15 is 0 Å². The van der Waals surface area contributed by atoms with Crippen molar-refractivity contribution in [3.63, 3.8) is 0 Å². The standard InChI is InChI=1S/C21H23ClN2O4/c1-27-18-12-17(19(28-2)11-16(18)22)23-21(26)15-10-20(25)24(13-15)9-8-14-6-4-3-5-7-14/h3-7,11-12,15H,8-10,13H2,1-2H3,(H,23,26)/t15-/m1/s1. The van der Waals surface area contributed by atoms with Crippen LogP contribution >= 0.6 is 11.6 Å². The summed E-state index contributed by atoms with van der Waals surface area (Å²) >= 11 is 6.10. The maximum atomic E-state index is 12.7. The van der Waals surface area contributed by atoms with Crippen molar-refractivity contribution in [3.8, 4) is 11.5 Å². The second-order valence-electron chi connectivity index (χ2n) is 6.65. The van der Waals surface area contributed by atoms with Gasteiger partial charge in [-0.05, 0) is 12.0 Å². The van der Waals surface area contributed by atoms with E-state index in [1.54, 1.807) is 17.0 Å². The molecule has 0 unspecified atom stereocenters. The van der Waals surface area contributed by atoms with E-state index in [9.17, 15) is 9.59 Å². The first-order valence-corrected chi connectivity index (χ1v) is 9.43. The molecule has 1 aliphatic rings. The molecule has 28 heavy (non-hydrogen) atoms. The average Bonchev–Trinajstić information content (AvgIpc) is 3.09. The molecule has 0 aliphatic carbocycles. The van der Waals surface area contributed by atoms with Gasteiger partial charge >= 0.3 is 0 Å². The highest BCUT2D eigenvalue weighted by molar-refractivity contribution is 6.32. The number of nitrogens with one attached hydrogen (secondary N) is 1. The Balaban J connectivity index is 1.63. The van der Waals surface area contributed by atoms with E-state index < -0.39 is 5.92 Å². The second-order valence-corrected chi connectivity index (χ2v) is 7.06.